The molecule has 0 saturated heterocycles. The van der Waals surface area contributed by atoms with Crippen molar-refractivity contribution in [1.29, 1.82) is 0 Å². The molecule has 1 aromatic carbocycles. The van der Waals surface area contributed by atoms with E-state index in [0.29, 0.717) is 6.42 Å². The Kier molecular flexibility index (Phi) is 5.79. The van der Waals surface area contributed by atoms with Gasteiger partial charge < -0.3 is 5.32 Å². The van der Waals surface area contributed by atoms with Crippen molar-refractivity contribution in [3.63, 3.8) is 0 Å². The fourth-order valence-corrected chi connectivity index (χ4v) is 2.00. The van der Waals surface area contributed by atoms with Crippen LogP contribution in [-0.2, 0) is 4.79 Å². The van der Waals surface area contributed by atoms with Gasteiger partial charge in [-0.05, 0) is 36.6 Å². The van der Waals surface area contributed by atoms with E-state index in [-0.39, 0.29) is 5.91 Å². The molecule has 0 unspecified atom stereocenters. The van der Waals surface area contributed by atoms with Gasteiger partial charge in [0.2, 0.25) is 5.91 Å². The van der Waals surface area contributed by atoms with Crippen molar-refractivity contribution >= 4 is 39.3 Å². The summed E-state index contributed by atoms with van der Waals surface area (Å²) in [4.78, 5) is 11.5. The second-order valence-electron chi connectivity index (χ2n) is 3.15. The Labute approximate surface area is 103 Å². The van der Waals surface area contributed by atoms with Crippen molar-refractivity contribution in [1.82, 2.24) is 0 Å². The number of hydrogen-bond acceptors (Lipinski definition) is 2. The number of nitrogens with one attached hydrogen (secondary N) is 1. The molecule has 1 N–H and O–H groups in total. The molecule has 1 amide bonds. The fraction of sp³-hybridized carbons (Fsp3) is 0.364. The Balaban J connectivity index is 2.37. The summed E-state index contributed by atoms with van der Waals surface area (Å²) in [6, 6.07) is 7.62. The van der Waals surface area contributed by atoms with E-state index >= 15 is 0 Å². The lowest BCUT2D eigenvalue weighted by atomic mass is 10.3. The van der Waals surface area contributed by atoms with Crippen LogP contribution < -0.4 is 5.32 Å². The Morgan fingerprint density at radius 2 is 2.33 bits per heavy atom. The number of amides is 1. The van der Waals surface area contributed by atoms with Crippen molar-refractivity contribution in [2.45, 2.75) is 12.8 Å². The van der Waals surface area contributed by atoms with E-state index in [4.69, 9.17) is 0 Å². The predicted molar refractivity (Wildman–Crippen MR) is 70.4 cm³/mol. The van der Waals surface area contributed by atoms with Gasteiger partial charge in [-0.2, -0.15) is 11.8 Å². The Morgan fingerprint density at radius 3 is 3.00 bits per heavy atom. The van der Waals surface area contributed by atoms with E-state index in [9.17, 15) is 4.79 Å². The van der Waals surface area contributed by atoms with E-state index in [1.54, 1.807) is 11.8 Å². The molecule has 0 heterocycles. The molecule has 0 aromatic heterocycles. The summed E-state index contributed by atoms with van der Waals surface area (Å²) in [5.41, 5.74) is 0.846. The maximum absolute atomic E-state index is 11.5. The van der Waals surface area contributed by atoms with Gasteiger partial charge in [-0.1, -0.05) is 22.0 Å². The first-order valence-electron chi connectivity index (χ1n) is 4.76. The molecule has 1 aromatic rings. The molecular weight excluding hydrogens is 274 g/mol. The van der Waals surface area contributed by atoms with E-state index in [1.165, 1.54) is 0 Å². The van der Waals surface area contributed by atoms with Crippen molar-refractivity contribution in [3.05, 3.63) is 28.7 Å². The third-order valence-corrected chi connectivity index (χ3v) is 3.05. The minimum Gasteiger partial charge on any atom is -0.326 e. The van der Waals surface area contributed by atoms with Crippen LogP contribution in [0.3, 0.4) is 0 Å². The third kappa shape index (κ3) is 5.23. The summed E-state index contributed by atoms with van der Waals surface area (Å²) in [6.07, 6.45) is 3.57. The molecule has 0 aliphatic rings. The van der Waals surface area contributed by atoms with E-state index < -0.39 is 0 Å². The van der Waals surface area contributed by atoms with Gasteiger partial charge in [0, 0.05) is 16.6 Å². The normalized spacial score (nSPS) is 10.0. The highest BCUT2D eigenvalue weighted by Gasteiger charge is 2.01. The lowest BCUT2D eigenvalue weighted by molar-refractivity contribution is -0.116. The first-order chi connectivity index (χ1) is 7.22. The van der Waals surface area contributed by atoms with Gasteiger partial charge in [-0.3, -0.25) is 4.79 Å². The molecule has 0 atom stereocenters. The lowest BCUT2D eigenvalue weighted by Gasteiger charge is -2.04. The van der Waals surface area contributed by atoms with Crippen LogP contribution in [0.15, 0.2) is 28.7 Å². The molecule has 0 spiro atoms. The lowest BCUT2D eigenvalue weighted by Crippen LogP contribution is -2.11. The molecular formula is C11H14BrNOS. The summed E-state index contributed by atoms with van der Waals surface area (Å²) >= 11 is 5.13. The van der Waals surface area contributed by atoms with Gasteiger partial charge in [-0.15, -0.1) is 0 Å². The van der Waals surface area contributed by atoms with Gasteiger partial charge in [0.25, 0.3) is 0 Å². The van der Waals surface area contributed by atoms with E-state index in [0.717, 1.165) is 22.3 Å². The monoisotopic (exact) mass is 287 g/mol. The maximum atomic E-state index is 11.5. The van der Waals surface area contributed by atoms with Gasteiger partial charge in [-0.25, -0.2) is 0 Å². The van der Waals surface area contributed by atoms with Gasteiger partial charge >= 0.3 is 0 Å². The van der Waals surface area contributed by atoms with Crippen LogP contribution in [0, 0.1) is 0 Å². The number of carbonyl (C=O) groups excluding carboxylic acids is 1. The zero-order valence-electron chi connectivity index (χ0n) is 8.63. The van der Waals surface area contributed by atoms with Crippen LogP contribution in [0.5, 0.6) is 0 Å². The third-order valence-electron chi connectivity index (χ3n) is 1.86. The molecule has 0 bridgehead atoms. The molecule has 0 aliphatic heterocycles. The first-order valence-corrected chi connectivity index (χ1v) is 6.95. The fourth-order valence-electron chi connectivity index (χ4n) is 1.17. The highest BCUT2D eigenvalue weighted by molar-refractivity contribution is 9.10. The zero-order valence-corrected chi connectivity index (χ0v) is 11.0. The number of hydrogen-bond donors (Lipinski definition) is 1. The van der Waals surface area contributed by atoms with Gasteiger partial charge in [0.15, 0.2) is 0 Å². The number of rotatable bonds is 5. The molecule has 15 heavy (non-hydrogen) atoms. The van der Waals surface area contributed by atoms with Crippen molar-refractivity contribution in [2.24, 2.45) is 0 Å². The SMILES string of the molecule is CSCCCC(=O)Nc1cccc(Br)c1. The van der Waals surface area contributed by atoms with Gasteiger partial charge in [0.05, 0.1) is 0 Å². The number of benzene rings is 1. The second-order valence-corrected chi connectivity index (χ2v) is 5.06. The molecule has 0 radical (unpaired) electrons. The molecule has 0 aliphatic carbocycles. The van der Waals surface area contributed by atoms with Crippen LogP contribution in [-0.4, -0.2) is 17.9 Å². The topological polar surface area (TPSA) is 29.1 Å². The Hall–Kier alpha value is -0.480. The molecule has 1 rings (SSSR count). The summed E-state index contributed by atoms with van der Waals surface area (Å²) in [5, 5.41) is 2.86. The van der Waals surface area contributed by atoms with Crippen molar-refractivity contribution < 1.29 is 4.79 Å². The Morgan fingerprint density at radius 1 is 1.53 bits per heavy atom. The standard InChI is InChI=1S/C11H14BrNOS/c1-15-7-3-6-11(14)13-10-5-2-4-9(12)8-10/h2,4-5,8H,3,6-7H2,1H3,(H,13,14). The number of halogens is 1. The van der Waals surface area contributed by atoms with Crippen LogP contribution in [0.4, 0.5) is 5.69 Å². The molecule has 82 valence electrons. The van der Waals surface area contributed by atoms with Crippen LogP contribution in [0.1, 0.15) is 12.8 Å². The molecule has 0 fully saturated rings. The quantitative estimate of drug-likeness (QED) is 0.840. The zero-order chi connectivity index (χ0) is 11.1. The van der Waals surface area contributed by atoms with Crippen LogP contribution >= 0.6 is 27.7 Å². The highest BCUT2D eigenvalue weighted by Crippen LogP contribution is 2.15. The van der Waals surface area contributed by atoms with Crippen molar-refractivity contribution in [2.75, 3.05) is 17.3 Å². The van der Waals surface area contributed by atoms with Crippen molar-refractivity contribution in [3.8, 4) is 0 Å². The number of thioether (sulfide) groups is 1. The van der Waals surface area contributed by atoms with Crippen LogP contribution in [0.25, 0.3) is 0 Å². The average molecular weight is 288 g/mol. The largest absolute Gasteiger partial charge is 0.326 e. The summed E-state index contributed by atoms with van der Waals surface area (Å²) < 4.78 is 0.976. The Bertz CT molecular complexity index is 330. The minimum absolute atomic E-state index is 0.0853. The number of anilines is 1. The first kappa shape index (κ1) is 12.6. The summed E-state index contributed by atoms with van der Waals surface area (Å²) in [6.45, 7) is 0. The summed E-state index contributed by atoms with van der Waals surface area (Å²) in [5.74, 6) is 1.12. The predicted octanol–water partition coefficient (Wildman–Crippen LogP) is 3.53. The van der Waals surface area contributed by atoms with Crippen LogP contribution in [0.2, 0.25) is 0 Å². The number of carbonyl (C=O) groups is 1. The second kappa shape index (κ2) is 6.90. The highest BCUT2D eigenvalue weighted by atomic mass is 79.9. The smallest absolute Gasteiger partial charge is 0.224 e. The average Bonchev–Trinajstić information content (AvgIpc) is 2.18. The van der Waals surface area contributed by atoms with E-state index in [1.807, 2.05) is 30.5 Å². The molecule has 0 saturated carbocycles. The molecule has 2 nitrogen and oxygen atoms in total. The minimum atomic E-state index is 0.0853. The molecule has 4 heteroatoms. The van der Waals surface area contributed by atoms with E-state index in [2.05, 4.69) is 21.2 Å². The van der Waals surface area contributed by atoms with Gasteiger partial charge in [0.1, 0.15) is 0 Å². The summed E-state index contributed by atoms with van der Waals surface area (Å²) in [7, 11) is 0. The maximum Gasteiger partial charge on any atom is 0.224 e.